The van der Waals surface area contributed by atoms with Crippen molar-refractivity contribution in [1.29, 1.82) is 0 Å². The maximum Gasteiger partial charge on any atom is 0.358 e. The van der Waals surface area contributed by atoms with Crippen LogP contribution in [0.5, 0.6) is 5.75 Å². The van der Waals surface area contributed by atoms with Gasteiger partial charge in [0, 0.05) is 0 Å². The number of aromatic nitrogens is 2. The van der Waals surface area contributed by atoms with E-state index in [-0.39, 0.29) is 11.8 Å². The molecule has 0 aliphatic heterocycles. The Morgan fingerprint density at radius 1 is 1.38 bits per heavy atom. The minimum Gasteiger partial charge on any atom is -0.486 e. The molecule has 1 saturated carbocycles. The number of rotatable bonds is 4. The van der Waals surface area contributed by atoms with Gasteiger partial charge in [0.25, 0.3) is 0 Å². The van der Waals surface area contributed by atoms with Crippen LogP contribution in [-0.2, 0) is 0 Å². The number of hydrogen-bond donors (Lipinski definition) is 1. The predicted molar refractivity (Wildman–Crippen MR) is 78.1 cm³/mol. The van der Waals surface area contributed by atoms with Gasteiger partial charge in [0.15, 0.2) is 11.4 Å². The molecule has 21 heavy (non-hydrogen) atoms. The molecule has 1 fully saturated rings. The molecule has 1 aromatic heterocycles. The van der Waals surface area contributed by atoms with Crippen LogP contribution >= 0.6 is 0 Å². The van der Waals surface area contributed by atoms with Gasteiger partial charge in [0.05, 0.1) is 18.0 Å². The molecule has 110 valence electrons. The second-order valence-electron chi connectivity index (χ2n) is 5.44. The highest BCUT2D eigenvalue weighted by atomic mass is 16.5. The standard InChI is InChI=1S/C16H18N2O3/c1-11-5-4-6-12(9-11)18-15(16(19)20)14(10-17-18)21-13-7-2-3-8-13/h4-6,9-10,13H,2-3,7-8H2,1H3,(H,19,20). The first-order chi connectivity index (χ1) is 10.1. The molecule has 1 aliphatic carbocycles. The topological polar surface area (TPSA) is 64.4 Å². The van der Waals surface area contributed by atoms with E-state index in [0.29, 0.717) is 5.75 Å². The van der Waals surface area contributed by atoms with E-state index in [1.165, 1.54) is 10.9 Å². The first-order valence-electron chi connectivity index (χ1n) is 7.20. The zero-order valence-corrected chi connectivity index (χ0v) is 12.0. The van der Waals surface area contributed by atoms with E-state index in [9.17, 15) is 9.90 Å². The monoisotopic (exact) mass is 286 g/mol. The van der Waals surface area contributed by atoms with E-state index in [0.717, 1.165) is 36.9 Å². The lowest BCUT2D eigenvalue weighted by Crippen LogP contribution is -2.15. The molecule has 1 aromatic carbocycles. The Bertz CT molecular complexity index is 657. The molecule has 1 heterocycles. The van der Waals surface area contributed by atoms with Gasteiger partial charge in [-0.25, -0.2) is 9.48 Å². The summed E-state index contributed by atoms with van der Waals surface area (Å²) in [6.45, 7) is 1.96. The Labute approximate surface area is 123 Å². The molecule has 5 heteroatoms. The fourth-order valence-electron chi connectivity index (χ4n) is 2.76. The molecule has 0 unspecified atom stereocenters. The van der Waals surface area contributed by atoms with Crippen LogP contribution in [0.25, 0.3) is 5.69 Å². The van der Waals surface area contributed by atoms with Crippen molar-refractivity contribution >= 4 is 5.97 Å². The van der Waals surface area contributed by atoms with Crippen LogP contribution < -0.4 is 4.74 Å². The number of hydrogen-bond acceptors (Lipinski definition) is 3. The number of carboxylic acids is 1. The van der Waals surface area contributed by atoms with Gasteiger partial charge in [0.2, 0.25) is 0 Å². The third-order valence-electron chi connectivity index (χ3n) is 3.78. The van der Waals surface area contributed by atoms with Crippen molar-refractivity contribution in [3.63, 3.8) is 0 Å². The summed E-state index contributed by atoms with van der Waals surface area (Å²) in [4.78, 5) is 11.6. The zero-order chi connectivity index (χ0) is 14.8. The van der Waals surface area contributed by atoms with Gasteiger partial charge in [-0.15, -0.1) is 0 Å². The number of nitrogens with zero attached hydrogens (tertiary/aromatic N) is 2. The van der Waals surface area contributed by atoms with Crippen LogP contribution in [0.15, 0.2) is 30.5 Å². The van der Waals surface area contributed by atoms with E-state index < -0.39 is 5.97 Å². The van der Waals surface area contributed by atoms with Gasteiger partial charge in [0.1, 0.15) is 0 Å². The minimum absolute atomic E-state index is 0.0903. The fraction of sp³-hybridized carbons (Fsp3) is 0.375. The third kappa shape index (κ3) is 2.77. The maximum atomic E-state index is 11.6. The van der Waals surface area contributed by atoms with Crippen LogP contribution in [0.2, 0.25) is 0 Å². The summed E-state index contributed by atoms with van der Waals surface area (Å²) >= 11 is 0. The van der Waals surface area contributed by atoms with Gasteiger partial charge in [-0.1, -0.05) is 12.1 Å². The second-order valence-corrected chi connectivity index (χ2v) is 5.44. The van der Waals surface area contributed by atoms with Crippen LogP contribution in [0.4, 0.5) is 0 Å². The second kappa shape index (κ2) is 5.60. The molecule has 3 rings (SSSR count). The number of carbonyl (C=O) groups is 1. The molecule has 0 saturated heterocycles. The molecule has 0 bridgehead atoms. The zero-order valence-electron chi connectivity index (χ0n) is 12.0. The molecule has 0 amide bonds. The molecular weight excluding hydrogens is 268 g/mol. The molecular formula is C16H18N2O3. The summed E-state index contributed by atoms with van der Waals surface area (Å²) in [7, 11) is 0. The number of aromatic carboxylic acids is 1. The van der Waals surface area contributed by atoms with E-state index in [4.69, 9.17) is 4.74 Å². The third-order valence-corrected chi connectivity index (χ3v) is 3.78. The molecule has 2 aromatic rings. The summed E-state index contributed by atoms with van der Waals surface area (Å²) in [5, 5.41) is 13.7. The Morgan fingerprint density at radius 2 is 2.14 bits per heavy atom. The molecule has 5 nitrogen and oxygen atoms in total. The first-order valence-corrected chi connectivity index (χ1v) is 7.20. The van der Waals surface area contributed by atoms with Gasteiger partial charge in [-0.05, 0) is 50.3 Å². The van der Waals surface area contributed by atoms with Crippen molar-refractivity contribution in [2.75, 3.05) is 0 Å². The number of ether oxygens (including phenoxy) is 1. The SMILES string of the molecule is Cc1cccc(-n2ncc(OC3CCCC3)c2C(=O)O)c1. The quantitative estimate of drug-likeness (QED) is 0.937. The minimum atomic E-state index is -1.03. The van der Waals surface area contributed by atoms with Crippen LogP contribution in [0, 0.1) is 6.92 Å². The highest BCUT2D eigenvalue weighted by molar-refractivity contribution is 5.89. The lowest BCUT2D eigenvalue weighted by atomic mass is 10.2. The van der Waals surface area contributed by atoms with Crippen molar-refractivity contribution in [2.24, 2.45) is 0 Å². The van der Waals surface area contributed by atoms with E-state index in [1.54, 1.807) is 0 Å². The number of carboxylic acid groups (broad SMARTS) is 1. The van der Waals surface area contributed by atoms with E-state index in [1.807, 2.05) is 31.2 Å². The average Bonchev–Trinajstić information content (AvgIpc) is 3.08. The molecule has 0 radical (unpaired) electrons. The number of benzene rings is 1. The van der Waals surface area contributed by atoms with Crippen molar-refractivity contribution in [2.45, 2.75) is 38.7 Å². The fourth-order valence-corrected chi connectivity index (χ4v) is 2.76. The van der Waals surface area contributed by atoms with Crippen LogP contribution in [-0.4, -0.2) is 27.0 Å². The smallest absolute Gasteiger partial charge is 0.358 e. The van der Waals surface area contributed by atoms with Crippen LogP contribution in [0.1, 0.15) is 41.7 Å². The Morgan fingerprint density at radius 3 is 2.81 bits per heavy atom. The molecule has 0 spiro atoms. The summed E-state index contributed by atoms with van der Waals surface area (Å²) in [5.41, 5.74) is 1.87. The average molecular weight is 286 g/mol. The van der Waals surface area contributed by atoms with Crippen molar-refractivity contribution in [1.82, 2.24) is 9.78 Å². The highest BCUT2D eigenvalue weighted by Gasteiger charge is 2.24. The summed E-state index contributed by atoms with van der Waals surface area (Å²) in [6.07, 6.45) is 5.85. The predicted octanol–water partition coefficient (Wildman–Crippen LogP) is 3.20. The number of aryl methyl sites for hydroxylation is 1. The first kappa shape index (κ1) is 13.7. The summed E-state index contributed by atoms with van der Waals surface area (Å²) in [5.74, 6) is -0.669. The Kier molecular flexibility index (Phi) is 3.64. The van der Waals surface area contributed by atoms with Gasteiger partial charge in [-0.2, -0.15) is 5.10 Å². The lowest BCUT2D eigenvalue weighted by Gasteiger charge is -2.12. The van der Waals surface area contributed by atoms with Crippen LogP contribution in [0.3, 0.4) is 0 Å². The summed E-state index contributed by atoms with van der Waals surface area (Å²) in [6, 6.07) is 7.59. The van der Waals surface area contributed by atoms with E-state index in [2.05, 4.69) is 5.10 Å². The highest BCUT2D eigenvalue weighted by Crippen LogP contribution is 2.28. The molecule has 1 N–H and O–H groups in total. The van der Waals surface area contributed by atoms with Crippen molar-refractivity contribution in [3.05, 3.63) is 41.7 Å². The normalized spacial score (nSPS) is 15.3. The molecule has 0 atom stereocenters. The van der Waals surface area contributed by atoms with Gasteiger partial charge < -0.3 is 9.84 Å². The van der Waals surface area contributed by atoms with Crippen molar-refractivity contribution in [3.8, 4) is 11.4 Å². The Balaban J connectivity index is 1.97. The van der Waals surface area contributed by atoms with E-state index >= 15 is 0 Å². The van der Waals surface area contributed by atoms with Crippen molar-refractivity contribution < 1.29 is 14.6 Å². The van der Waals surface area contributed by atoms with Gasteiger partial charge >= 0.3 is 5.97 Å². The van der Waals surface area contributed by atoms with Gasteiger partial charge in [-0.3, -0.25) is 0 Å². The Hall–Kier alpha value is -2.30. The maximum absolute atomic E-state index is 11.6. The summed E-state index contributed by atoms with van der Waals surface area (Å²) < 4.78 is 7.27. The lowest BCUT2D eigenvalue weighted by molar-refractivity contribution is 0.0679. The largest absolute Gasteiger partial charge is 0.486 e. The molecule has 1 aliphatic rings.